The number of benzene rings is 2. The van der Waals surface area contributed by atoms with Crippen LogP contribution in [0.15, 0.2) is 36.4 Å². The van der Waals surface area contributed by atoms with Gasteiger partial charge < -0.3 is 14.6 Å². The van der Waals surface area contributed by atoms with Crippen LogP contribution in [0.3, 0.4) is 0 Å². The number of likely N-dealkylation sites (tertiary alicyclic amines) is 1. The summed E-state index contributed by atoms with van der Waals surface area (Å²) in [5, 5.41) is 0.674. The van der Waals surface area contributed by atoms with Crippen LogP contribution in [-0.4, -0.2) is 33.9 Å². The van der Waals surface area contributed by atoms with Crippen LogP contribution in [0.4, 0.5) is 0 Å². The standard InChI is InChI=1S/C21H22ClN3O2/c1-13-10-15(22)11-14(2)20(13)27-12-19(26)25-9-5-8-18(25)21-23-16-6-3-4-7-17(16)24-21/h3-4,6-7,10-11,18H,5,8-9,12H2,1-2H3,(H,23,24). The van der Waals surface area contributed by atoms with E-state index >= 15 is 0 Å². The Kier molecular flexibility index (Phi) is 4.79. The molecule has 1 unspecified atom stereocenters. The van der Waals surface area contributed by atoms with E-state index in [-0.39, 0.29) is 18.6 Å². The number of nitrogens with zero attached hydrogens (tertiary/aromatic N) is 2. The summed E-state index contributed by atoms with van der Waals surface area (Å²) in [7, 11) is 0. The fourth-order valence-electron chi connectivity index (χ4n) is 3.82. The van der Waals surface area contributed by atoms with E-state index in [9.17, 15) is 4.79 Å². The highest BCUT2D eigenvalue weighted by Crippen LogP contribution is 2.32. The Labute approximate surface area is 163 Å². The number of H-pyrrole nitrogens is 1. The van der Waals surface area contributed by atoms with Crippen LogP contribution in [0.25, 0.3) is 11.0 Å². The number of halogens is 1. The Hall–Kier alpha value is -2.53. The van der Waals surface area contributed by atoms with E-state index < -0.39 is 0 Å². The minimum atomic E-state index is -0.0269. The number of ether oxygens (including phenoxy) is 1. The van der Waals surface area contributed by atoms with Gasteiger partial charge in [-0.3, -0.25) is 4.79 Å². The number of aromatic amines is 1. The number of carbonyl (C=O) groups excluding carboxylic acids is 1. The summed E-state index contributed by atoms with van der Waals surface area (Å²) >= 11 is 6.07. The summed E-state index contributed by atoms with van der Waals surface area (Å²) in [6.45, 7) is 4.61. The van der Waals surface area contributed by atoms with Crippen molar-refractivity contribution in [1.29, 1.82) is 0 Å². The van der Waals surface area contributed by atoms with Gasteiger partial charge in [-0.25, -0.2) is 4.98 Å². The number of hydrogen-bond acceptors (Lipinski definition) is 3. The minimum Gasteiger partial charge on any atom is -0.483 e. The SMILES string of the molecule is Cc1cc(Cl)cc(C)c1OCC(=O)N1CCCC1c1nc2ccccc2[nH]1. The van der Waals surface area contributed by atoms with Crippen molar-refractivity contribution in [2.24, 2.45) is 0 Å². The highest BCUT2D eigenvalue weighted by atomic mass is 35.5. The lowest BCUT2D eigenvalue weighted by atomic mass is 10.1. The maximum absolute atomic E-state index is 12.8. The van der Waals surface area contributed by atoms with Crippen molar-refractivity contribution >= 4 is 28.5 Å². The lowest BCUT2D eigenvalue weighted by molar-refractivity contribution is -0.134. The van der Waals surface area contributed by atoms with Gasteiger partial charge in [0.2, 0.25) is 0 Å². The molecule has 140 valence electrons. The number of aryl methyl sites for hydroxylation is 2. The molecule has 0 saturated carbocycles. The molecule has 0 aliphatic carbocycles. The topological polar surface area (TPSA) is 58.2 Å². The number of fused-ring (bicyclic) bond motifs is 1. The molecule has 27 heavy (non-hydrogen) atoms. The van der Waals surface area contributed by atoms with Gasteiger partial charge in [0.05, 0.1) is 17.1 Å². The van der Waals surface area contributed by atoms with Crippen molar-refractivity contribution in [3.63, 3.8) is 0 Å². The largest absolute Gasteiger partial charge is 0.483 e. The summed E-state index contributed by atoms with van der Waals surface area (Å²) in [5.74, 6) is 1.56. The van der Waals surface area contributed by atoms with E-state index in [4.69, 9.17) is 16.3 Å². The predicted molar refractivity (Wildman–Crippen MR) is 106 cm³/mol. The Morgan fingerprint density at radius 2 is 2.04 bits per heavy atom. The van der Waals surface area contributed by atoms with Crippen molar-refractivity contribution in [3.8, 4) is 5.75 Å². The molecule has 6 heteroatoms. The molecular formula is C21H22ClN3O2. The molecule has 2 heterocycles. The molecule has 1 saturated heterocycles. The second kappa shape index (κ2) is 7.24. The Bertz CT molecular complexity index is 942. The highest BCUT2D eigenvalue weighted by Gasteiger charge is 2.32. The summed E-state index contributed by atoms with van der Waals surface area (Å²) in [6, 6.07) is 11.6. The second-order valence-electron chi connectivity index (χ2n) is 7.04. The van der Waals surface area contributed by atoms with Crippen LogP contribution >= 0.6 is 11.6 Å². The van der Waals surface area contributed by atoms with Crippen molar-refractivity contribution in [3.05, 3.63) is 58.4 Å². The first-order valence-electron chi connectivity index (χ1n) is 9.16. The fraction of sp³-hybridized carbons (Fsp3) is 0.333. The fourth-order valence-corrected chi connectivity index (χ4v) is 4.15. The van der Waals surface area contributed by atoms with E-state index in [1.807, 2.05) is 55.1 Å². The minimum absolute atomic E-state index is 0.0139. The van der Waals surface area contributed by atoms with Gasteiger partial charge in [-0.15, -0.1) is 0 Å². The first kappa shape index (κ1) is 17.9. The zero-order chi connectivity index (χ0) is 19.0. The predicted octanol–water partition coefficient (Wildman–Crippen LogP) is 4.58. The van der Waals surface area contributed by atoms with Crippen molar-refractivity contribution in [2.45, 2.75) is 32.7 Å². The van der Waals surface area contributed by atoms with Gasteiger partial charge in [-0.05, 0) is 62.1 Å². The molecule has 0 bridgehead atoms. The molecule has 2 aromatic carbocycles. The third kappa shape index (κ3) is 3.52. The van der Waals surface area contributed by atoms with Gasteiger partial charge in [0.1, 0.15) is 11.6 Å². The maximum atomic E-state index is 12.8. The monoisotopic (exact) mass is 383 g/mol. The third-order valence-electron chi connectivity index (χ3n) is 5.06. The van der Waals surface area contributed by atoms with Gasteiger partial charge in [0.25, 0.3) is 5.91 Å². The van der Waals surface area contributed by atoms with E-state index in [2.05, 4.69) is 9.97 Å². The summed E-state index contributed by atoms with van der Waals surface area (Å²) < 4.78 is 5.86. The van der Waals surface area contributed by atoms with Gasteiger partial charge in [-0.2, -0.15) is 0 Å². The van der Waals surface area contributed by atoms with Crippen molar-refractivity contribution in [1.82, 2.24) is 14.9 Å². The number of nitrogens with one attached hydrogen (secondary N) is 1. The first-order chi connectivity index (χ1) is 13.0. The zero-order valence-corrected chi connectivity index (χ0v) is 16.2. The number of rotatable bonds is 4. The highest BCUT2D eigenvalue weighted by molar-refractivity contribution is 6.30. The van der Waals surface area contributed by atoms with Crippen LogP contribution in [0.2, 0.25) is 5.02 Å². The van der Waals surface area contributed by atoms with E-state index in [0.29, 0.717) is 5.02 Å². The quantitative estimate of drug-likeness (QED) is 0.717. The molecule has 4 rings (SSSR count). The number of amides is 1. The molecule has 0 radical (unpaired) electrons. The number of aromatic nitrogens is 2. The second-order valence-corrected chi connectivity index (χ2v) is 7.48. The molecular weight excluding hydrogens is 362 g/mol. The smallest absolute Gasteiger partial charge is 0.261 e. The first-order valence-corrected chi connectivity index (χ1v) is 9.54. The van der Waals surface area contributed by atoms with Gasteiger partial charge >= 0.3 is 0 Å². The number of imidazole rings is 1. The molecule has 3 aromatic rings. The van der Waals surface area contributed by atoms with Crippen molar-refractivity contribution in [2.75, 3.05) is 13.2 Å². The molecule has 1 aliphatic heterocycles. The number of carbonyl (C=O) groups is 1. The zero-order valence-electron chi connectivity index (χ0n) is 15.5. The average molecular weight is 384 g/mol. The Balaban J connectivity index is 1.49. The Morgan fingerprint density at radius 1 is 1.30 bits per heavy atom. The van der Waals surface area contributed by atoms with E-state index in [1.165, 1.54) is 0 Å². The van der Waals surface area contributed by atoms with Gasteiger partial charge in [-0.1, -0.05) is 23.7 Å². The van der Waals surface area contributed by atoms with Gasteiger partial charge in [0.15, 0.2) is 6.61 Å². The summed E-state index contributed by atoms with van der Waals surface area (Å²) in [4.78, 5) is 22.8. The molecule has 1 N–H and O–H groups in total. The van der Waals surface area contributed by atoms with Crippen molar-refractivity contribution < 1.29 is 9.53 Å². The molecule has 1 fully saturated rings. The lowest BCUT2D eigenvalue weighted by Crippen LogP contribution is -2.35. The normalized spacial score (nSPS) is 16.9. The van der Waals surface area contributed by atoms with E-state index in [1.54, 1.807) is 0 Å². The molecule has 1 amide bonds. The molecule has 1 atom stereocenters. The molecule has 1 aliphatic rings. The van der Waals surface area contributed by atoms with Crippen LogP contribution in [0.1, 0.15) is 35.8 Å². The van der Waals surface area contributed by atoms with Crippen LogP contribution < -0.4 is 4.74 Å². The van der Waals surface area contributed by atoms with Crippen LogP contribution in [-0.2, 0) is 4.79 Å². The third-order valence-corrected chi connectivity index (χ3v) is 5.28. The lowest BCUT2D eigenvalue weighted by Gasteiger charge is -2.23. The average Bonchev–Trinajstić information content (AvgIpc) is 3.27. The van der Waals surface area contributed by atoms with Crippen LogP contribution in [0, 0.1) is 13.8 Å². The Morgan fingerprint density at radius 3 is 2.78 bits per heavy atom. The van der Waals surface area contributed by atoms with Gasteiger partial charge in [0, 0.05) is 11.6 Å². The maximum Gasteiger partial charge on any atom is 0.261 e. The molecule has 0 spiro atoms. The summed E-state index contributed by atoms with van der Waals surface area (Å²) in [5.41, 5.74) is 3.79. The number of para-hydroxylation sites is 2. The summed E-state index contributed by atoms with van der Waals surface area (Å²) in [6.07, 6.45) is 1.87. The van der Waals surface area contributed by atoms with Crippen LogP contribution in [0.5, 0.6) is 5.75 Å². The van der Waals surface area contributed by atoms with E-state index in [0.717, 1.165) is 53.1 Å². The molecule has 1 aromatic heterocycles. The number of hydrogen-bond donors (Lipinski definition) is 1. The molecule has 5 nitrogen and oxygen atoms in total.